The van der Waals surface area contributed by atoms with E-state index in [0.29, 0.717) is 0 Å². The van der Waals surface area contributed by atoms with E-state index in [0.717, 1.165) is 14.0 Å². The Balaban J connectivity index is 3.28. The number of benzene rings is 1. The van der Waals surface area contributed by atoms with Gasteiger partial charge in [0.05, 0.1) is 0 Å². The van der Waals surface area contributed by atoms with E-state index in [1.54, 1.807) is 0 Å². The van der Waals surface area contributed by atoms with Crippen LogP contribution in [0.25, 0.3) is 0 Å². The van der Waals surface area contributed by atoms with E-state index in [9.17, 15) is 31.5 Å². The maximum absolute atomic E-state index is 13.4. The minimum absolute atomic E-state index is 0.637. The summed E-state index contributed by atoms with van der Waals surface area (Å²) in [6.07, 6.45) is 0. The van der Waals surface area contributed by atoms with Crippen LogP contribution in [-0.4, -0.2) is 25.5 Å². The van der Waals surface area contributed by atoms with Gasteiger partial charge in [0.25, 0.3) is 0 Å². The van der Waals surface area contributed by atoms with Gasteiger partial charge >= 0.3 is 8.80 Å². The first-order valence-electron chi connectivity index (χ1n) is 5.13. The topological polar surface area (TPSA) is 49.7 Å². The average Bonchev–Trinajstić information content (AvgIpc) is 2.33. The first-order valence-corrected chi connectivity index (χ1v) is 7.14. The Morgan fingerprint density at radius 2 is 1.32 bits per heavy atom. The Kier molecular flexibility index (Phi) is 4.66. The fraction of sp³-hybridized carbons (Fsp3) is 0.400. The highest BCUT2D eigenvalue weighted by atomic mass is 28.4. The molecule has 9 heteroatoms. The van der Waals surface area contributed by atoms with Crippen molar-refractivity contribution in [3.05, 3.63) is 34.6 Å². The van der Waals surface area contributed by atoms with Crippen molar-refractivity contribution in [2.45, 2.75) is 18.9 Å². The Bertz CT molecular complexity index is 466. The highest BCUT2D eigenvalue weighted by Gasteiger charge is 2.37. The van der Waals surface area contributed by atoms with Gasteiger partial charge in [-0.3, -0.25) is 0 Å². The van der Waals surface area contributed by atoms with Crippen LogP contribution in [0.1, 0.15) is 18.4 Å². The molecule has 3 nitrogen and oxygen atoms in total. The largest absolute Gasteiger partial charge is 0.495 e. The third-order valence-corrected chi connectivity index (χ3v) is 4.43. The summed E-state index contributed by atoms with van der Waals surface area (Å²) in [7, 11) is -3.22. The molecular weight excluding hydrogens is 291 g/mol. The molecule has 0 radical (unpaired) electrons. The minimum Gasteiger partial charge on any atom is -0.390 e. The van der Waals surface area contributed by atoms with Gasteiger partial charge in [-0.2, -0.15) is 0 Å². The van der Waals surface area contributed by atoms with Crippen LogP contribution < -0.4 is 0 Å². The molecule has 0 aliphatic rings. The highest BCUT2D eigenvalue weighted by molar-refractivity contribution is 6.57. The molecule has 0 aromatic heterocycles. The lowest BCUT2D eigenvalue weighted by Crippen LogP contribution is -2.39. The summed E-state index contributed by atoms with van der Waals surface area (Å²) in [6, 6.07) is -0.637. The smallest absolute Gasteiger partial charge is 0.390 e. The van der Waals surface area contributed by atoms with E-state index >= 15 is 0 Å². The normalized spacial score (nSPS) is 13.7. The summed E-state index contributed by atoms with van der Waals surface area (Å²) in [5.74, 6) is -11.7. The van der Waals surface area contributed by atoms with Crippen LogP contribution in [0.4, 0.5) is 22.0 Å². The molecule has 0 bridgehead atoms. The van der Waals surface area contributed by atoms with Crippen molar-refractivity contribution in [3.8, 4) is 0 Å². The van der Waals surface area contributed by atoms with E-state index in [2.05, 4.69) is 4.43 Å². The predicted molar refractivity (Wildman–Crippen MR) is 56.7 cm³/mol. The molecule has 0 amide bonds. The molecule has 1 atom stereocenters. The second kappa shape index (κ2) is 5.53. The molecule has 0 aliphatic carbocycles. The molecule has 0 fully saturated rings. The Morgan fingerprint density at radius 3 is 1.68 bits per heavy atom. The third kappa shape index (κ3) is 3.11. The monoisotopic (exact) mass is 302 g/mol. The second-order valence-electron chi connectivity index (χ2n) is 4.04. The number of hydrogen-bond acceptors (Lipinski definition) is 3. The van der Waals surface area contributed by atoms with Gasteiger partial charge in [-0.05, 0) is 5.92 Å². The van der Waals surface area contributed by atoms with Crippen LogP contribution in [0.3, 0.4) is 0 Å². The van der Waals surface area contributed by atoms with Crippen LogP contribution in [0.2, 0.25) is 6.04 Å². The molecule has 1 unspecified atom stereocenters. The lowest BCUT2D eigenvalue weighted by molar-refractivity contribution is 0.181. The van der Waals surface area contributed by atoms with Crippen molar-refractivity contribution in [1.29, 1.82) is 0 Å². The molecule has 108 valence electrons. The zero-order valence-corrected chi connectivity index (χ0v) is 11.0. The maximum atomic E-state index is 13.4. The maximum Gasteiger partial charge on any atom is 0.495 e. The summed E-state index contributed by atoms with van der Waals surface area (Å²) < 4.78 is 69.9. The van der Waals surface area contributed by atoms with Crippen LogP contribution in [0, 0.1) is 29.1 Å². The Labute approximate surface area is 106 Å². The zero-order chi connectivity index (χ0) is 15.0. The molecule has 0 spiro atoms. The van der Waals surface area contributed by atoms with Crippen LogP contribution in [0.5, 0.6) is 0 Å². The van der Waals surface area contributed by atoms with E-state index in [-0.39, 0.29) is 0 Å². The average molecular weight is 302 g/mol. The van der Waals surface area contributed by atoms with Crippen LogP contribution >= 0.6 is 0 Å². The molecule has 1 aromatic rings. The van der Waals surface area contributed by atoms with Gasteiger partial charge in [-0.25, -0.2) is 22.0 Å². The molecule has 1 rings (SSSR count). The molecule has 2 N–H and O–H groups in total. The van der Waals surface area contributed by atoms with Gasteiger partial charge in [-0.1, -0.05) is 6.92 Å². The molecule has 0 saturated heterocycles. The van der Waals surface area contributed by atoms with Crippen molar-refractivity contribution in [2.75, 3.05) is 7.11 Å². The van der Waals surface area contributed by atoms with Crippen molar-refractivity contribution in [3.63, 3.8) is 0 Å². The van der Waals surface area contributed by atoms with Crippen LogP contribution in [0.15, 0.2) is 0 Å². The summed E-state index contributed by atoms with van der Waals surface area (Å²) in [6.45, 7) is 1.10. The quantitative estimate of drug-likeness (QED) is 0.387. The SMILES string of the molecule is CO[Si](O)(O)CC(C)c1c(F)c(F)c(F)c(F)c1F. The first-order chi connectivity index (χ1) is 8.62. The standard InChI is InChI=1S/C10H11F5O3Si/c1-4(3-19(16,17)18-2)5-6(11)8(13)10(15)9(14)7(5)12/h4,16-17H,3H2,1-2H3. The minimum atomic E-state index is -4.19. The molecule has 0 aliphatic heterocycles. The second-order valence-corrected chi connectivity index (χ2v) is 6.34. The van der Waals surface area contributed by atoms with E-state index in [1.807, 2.05) is 0 Å². The summed E-state index contributed by atoms with van der Waals surface area (Å²) in [5.41, 5.74) is -1.09. The fourth-order valence-electron chi connectivity index (χ4n) is 1.64. The van der Waals surface area contributed by atoms with Gasteiger partial charge in [-0.15, -0.1) is 0 Å². The van der Waals surface area contributed by atoms with Gasteiger partial charge in [0.2, 0.25) is 5.82 Å². The van der Waals surface area contributed by atoms with Gasteiger partial charge < -0.3 is 14.0 Å². The van der Waals surface area contributed by atoms with Crippen molar-refractivity contribution < 1.29 is 36.0 Å². The highest BCUT2D eigenvalue weighted by Crippen LogP contribution is 2.32. The van der Waals surface area contributed by atoms with Crippen LogP contribution in [-0.2, 0) is 4.43 Å². The lowest BCUT2D eigenvalue weighted by Gasteiger charge is -2.20. The molecule has 0 saturated carbocycles. The summed E-state index contributed by atoms with van der Waals surface area (Å²) >= 11 is 0. The van der Waals surface area contributed by atoms with Crippen molar-refractivity contribution in [2.24, 2.45) is 0 Å². The number of rotatable bonds is 4. The van der Waals surface area contributed by atoms with Crippen molar-refractivity contribution in [1.82, 2.24) is 0 Å². The molecular formula is C10H11F5O3Si. The number of halogens is 5. The van der Waals surface area contributed by atoms with Gasteiger partial charge in [0.1, 0.15) is 0 Å². The molecule has 0 heterocycles. The Hall–Kier alpha value is -1.03. The number of hydrogen-bond donors (Lipinski definition) is 2. The zero-order valence-electron chi connectivity index (χ0n) is 9.98. The Morgan fingerprint density at radius 1 is 0.947 bits per heavy atom. The third-order valence-electron chi connectivity index (χ3n) is 2.64. The molecule has 19 heavy (non-hydrogen) atoms. The predicted octanol–water partition coefficient (Wildman–Crippen LogP) is 2.06. The summed E-state index contributed by atoms with van der Waals surface area (Å²) in [4.78, 5) is 18.6. The fourth-order valence-corrected chi connectivity index (χ4v) is 2.81. The van der Waals surface area contributed by atoms with E-state index in [1.165, 1.54) is 0 Å². The summed E-state index contributed by atoms with van der Waals surface area (Å²) in [5, 5.41) is 0. The van der Waals surface area contributed by atoms with E-state index in [4.69, 9.17) is 0 Å². The van der Waals surface area contributed by atoms with E-state index < -0.39 is 55.4 Å². The van der Waals surface area contributed by atoms with Gasteiger partial charge in [0, 0.05) is 18.7 Å². The van der Waals surface area contributed by atoms with Gasteiger partial charge in [0.15, 0.2) is 23.3 Å². The lowest BCUT2D eigenvalue weighted by atomic mass is 10.0. The van der Waals surface area contributed by atoms with Crippen molar-refractivity contribution >= 4 is 8.80 Å². The molecule has 1 aromatic carbocycles. The first kappa shape index (κ1) is 16.0.